The molecule has 2 aromatic rings. The number of nitro groups is 1. The van der Waals surface area contributed by atoms with Crippen molar-refractivity contribution in [1.29, 1.82) is 5.41 Å². The molecular weight excluding hydrogens is 328 g/mol. The van der Waals surface area contributed by atoms with E-state index < -0.39 is 4.92 Å². The van der Waals surface area contributed by atoms with E-state index in [2.05, 4.69) is 20.9 Å². The Morgan fingerprint density at radius 2 is 2.15 bits per heavy atom. The van der Waals surface area contributed by atoms with Crippen LogP contribution in [-0.4, -0.2) is 15.7 Å². The lowest BCUT2D eigenvalue weighted by Crippen LogP contribution is -2.14. The van der Waals surface area contributed by atoms with Crippen LogP contribution in [0.5, 0.6) is 11.5 Å². The lowest BCUT2D eigenvalue weighted by atomic mass is 10.2. The van der Waals surface area contributed by atoms with Gasteiger partial charge in [0.05, 0.1) is 9.40 Å². The van der Waals surface area contributed by atoms with Crippen molar-refractivity contribution in [1.82, 2.24) is 4.98 Å². The van der Waals surface area contributed by atoms with E-state index in [0.717, 1.165) is 0 Å². The molecule has 0 spiro atoms. The molecule has 0 atom stereocenters. The Bertz CT molecular complexity index is 690. The van der Waals surface area contributed by atoms with Gasteiger partial charge in [-0.2, -0.15) is 0 Å². The summed E-state index contributed by atoms with van der Waals surface area (Å²) < 4.78 is 5.94. The first-order valence-corrected chi connectivity index (χ1v) is 6.20. The number of halogens is 1. The van der Waals surface area contributed by atoms with E-state index in [1.54, 1.807) is 12.1 Å². The van der Waals surface area contributed by atoms with Gasteiger partial charge in [-0.3, -0.25) is 15.5 Å². The maximum atomic E-state index is 11.0. The second-order valence-corrected chi connectivity index (χ2v) is 4.57. The molecule has 20 heavy (non-hydrogen) atoms. The highest BCUT2D eigenvalue weighted by atomic mass is 79.9. The number of nitrogens with zero attached hydrogens (tertiary/aromatic N) is 2. The van der Waals surface area contributed by atoms with Crippen LogP contribution in [0.3, 0.4) is 0 Å². The molecule has 0 aliphatic rings. The van der Waals surface area contributed by atoms with Gasteiger partial charge in [0.2, 0.25) is 5.75 Å². The fourth-order valence-corrected chi connectivity index (χ4v) is 1.96. The van der Waals surface area contributed by atoms with E-state index in [-0.39, 0.29) is 28.7 Å². The first-order valence-electron chi connectivity index (χ1n) is 5.41. The Morgan fingerprint density at radius 3 is 2.80 bits per heavy atom. The minimum absolute atomic E-state index is 0.0352. The number of pyridine rings is 1. The topological polar surface area (TPSA) is 115 Å². The summed E-state index contributed by atoms with van der Waals surface area (Å²) in [5.74, 6) is -0.0710. The quantitative estimate of drug-likeness (QED) is 0.385. The van der Waals surface area contributed by atoms with Crippen LogP contribution in [0.4, 0.5) is 5.69 Å². The average Bonchev–Trinajstić information content (AvgIpc) is 2.41. The van der Waals surface area contributed by atoms with Gasteiger partial charge in [-0.1, -0.05) is 6.07 Å². The van der Waals surface area contributed by atoms with Gasteiger partial charge in [0.15, 0.2) is 5.75 Å². The molecule has 8 heteroatoms. The molecule has 102 valence electrons. The summed E-state index contributed by atoms with van der Waals surface area (Å²) in [7, 11) is 0. The molecule has 3 N–H and O–H groups in total. The summed E-state index contributed by atoms with van der Waals surface area (Å²) in [6, 6.07) is 7.59. The molecule has 0 saturated carbocycles. The monoisotopic (exact) mass is 336 g/mol. The summed E-state index contributed by atoms with van der Waals surface area (Å²) in [6.07, 6.45) is 1.46. The van der Waals surface area contributed by atoms with Gasteiger partial charge in [0.1, 0.15) is 11.5 Å². The predicted octanol–water partition coefficient (Wildman–Crippen LogP) is 2.83. The molecule has 0 aliphatic heterocycles. The number of nitro benzene ring substituents is 1. The van der Waals surface area contributed by atoms with Crippen molar-refractivity contribution in [2.75, 3.05) is 0 Å². The Kier molecular flexibility index (Phi) is 3.94. The second-order valence-electron chi connectivity index (χ2n) is 3.71. The molecule has 0 fully saturated rings. The molecule has 2 rings (SSSR count). The molecule has 0 unspecified atom stereocenters. The number of hydrogen-bond acceptors (Lipinski definition) is 5. The first kappa shape index (κ1) is 13.9. The fourth-order valence-electron chi connectivity index (χ4n) is 1.53. The maximum absolute atomic E-state index is 11.0. The number of amidine groups is 1. The van der Waals surface area contributed by atoms with E-state index in [0.29, 0.717) is 4.47 Å². The zero-order valence-electron chi connectivity index (χ0n) is 10.0. The Labute approximate surface area is 122 Å². The summed E-state index contributed by atoms with van der Waals surface area (Å²) in [4.78, 5) is 14.4. The molecule has 7 nitrogen and oxygen atoms in total. The van der Waals surface area contributed by atoms with Crippen molar-refractivity contribution in [2.24, 2.45) is 5.73 Å². The lowest BCUT2D eigenvalue weighted by Gasteiger charge is -2.10. The fraction of sp³-hybridized carbons (Fsp3) is 0. The van der Waals surface area contributed by atoms with Crippen molar-refractivity contribution in [3.63, 3.8) is 0 Å². The van der Waals surface area contributed by atoms with Crippen LogP contribution in [-0.2, 0) is 0 Å². The number of benzene rings is 1. The van der Waals surface area contributed by atoms with Crippen LogP contribution < -0.4 is 10.5 Å². The van der Waals surface area contributed by atoms with Crippen LogP contribution in [0.2, 0.25) is 0 Å². The number of rotatable bonds is 4. The highest BCUT2D eigenvalue weighted by molar-refractivity contribution is 9.10. The average molecular weight is 337 g/mol. The number of aromatic nitrogens is 1. The van der Waals surface area contributed by atoms with Crippen molar-refractivity contribution >= 4 is 27.5 Å². The van der Waals surface area contributed by atoms with Gasteiger partial charge in [-0.05, 0) is 34.1 Å². The molecule has 0 bridgehead atoms. The number of nitrogen functional groups attached to an aromatic ring is 1. The molecule has 1 aromatic heterocycles. The second kappa shape index (κ2) is 5.66. The van der Waals surface area contributed by atoms with Crippen LogP contribution in [0.15, 0.2) is 41.0 Å². The number of para-hydroxylation sites is 1. The Hall–Kier alpha value is -2.48. The number of nitrogens with one attached hydrogen (secondary N) is 1. The summed E-state index contributed by atoms with van der Waals surface area (Å²) in [5.41, 5.74) is 5.33. The molecule has 0 saturated heterocycles. The van der Waals surface area contributed by atoms with E-state index in [4.69, 9.17) is 15.9 Å². The third-order valence-electron chi connectivity index (χ3n) is 2.38. The number of nitrogens with two attached hydrogens (primary N) is 1. The van der Waals surface area contributed by atoms with Crippen LogP contribution >= 0.6 is 15.9 Å². The van der Waals surface area contributed by atoms with E-state index in [1.807, 2.05) is 0 Å². The van der Waals surface area contributed by atoms with Crippen molar-refractivity contribution < 1.29 is 9.66 Å². The van der Waals surface area contributed by atoms with E-state index >= 15 is 0 Å². The van der Waals surface area contributed by atoms with E-state index in [1.165, 1.54) is 24.4 Å². The minimum Gasteiger partial charge on any atom is -0.446 e. The van der Waals surface area contributed by atoms with Crippen molar-refractivity contribution in [3.05, 3.63) is 56.8 Å². The van der Waals surface area contributed by atoms with Crippen LogP contribution in [0, 0.1) is 15.5 Å². The molecule has 0 amide bonds. The van der Waals surface area contributed by atoms with Crippen molar-refractivity contribution in [2.45, 2.75) is 0 Å². The molecule has 1 heterocycles. The zero-order chi connectivity index (χ0) is 14.7. The van der Waals surface area contributed by atoms with Gasteiger partial charge in [-0.15, -0.1) is 0 Å². The van der Waals surface area contributed by atoms with Gasteiger partial charge < -0.3 is 10.5 Å². The minimum atomic E-state index is -0.552. The molecule has 0 radical (unpaired) electrons. The normalized spacial score (nSPS) is 10.1. The Balaban J connectivity index is 2.51. The lowest BCUT2D eigenvalue weighted by molar-refractivity contribution is -0.385. The highest BCUT2D eigenvalue weighted by Crippen LogP contribution is 2.38. The third kappa shape index (κ3) is 2.75. The summed E-state index contributed by atoms with van der Waals surface area (Å²) in [6.45, 7) is 0. The largest absolute Gasteiger partial charge is 0.446 e. The standard InChI is InChI=1S/C12H9BrN4O3/c13-7-3-1-4-8(17(18)19)11(7)20-9-5-2-6-16-10(9)12(14)15/h1-6H,(H3,14,15). The molecular formula is C12H9BrN4O3. The Morgan fingerprint density at radius 1 is 1.40 bits per heavy atom. The van der Waals surface area contributed by atoms with Crippen molar-refractivity contribution in [3.8, 4) is 11.5 Å². The maximum Gasteiger partial charge on any atom is 0.312 e. The summed E-state index contributed by atoms with van der Waals surface area (Å²) >= 11 is 3.20. The SMILES string of the molecule is N=C(N)c1ncccc1Oc1c(Br)cccc1[N+](=O)[O-]. The zero-order valence-corrected chi connectivity index (χ0v) is 11.6. The third-order valence-corrected chi connectivity index (χ3v) is 3.01. The number of ether oxygens (including phenoxy) is 1. The first-order chi connectivity index (χ1) is 9.50. The predicted molar refractivity (Wildman–Crippen MR) is 76.1 cm³/mol. The highest BCUT2D eigenvalue weighted by Gasteiger charge is 2.20. The van der Waals surface area contributed by atoms with Crippen LogP contribution in [0.1, 0.15) is 5.69 Å². The van der Waals surface area contributed by atoms with Gasteiger partial charge in [0.25, 0.3) is 0 Å². The van der Waals surface area contributed by atoms with Gasteiger partial charge in [0, 0.05) is 12.3 Å². The van der Waals surface area contributed by atoms with E-state index in [9.17, 15) is 10.1 Å². The van der Waals surface area contributed by atoms with Crippen LogP contribution in [0.25, 0.3) is 0 Å². The smallest absolute Gasteiger partial charge is 0.312 e. The summed E-state index contributed by atoms with van der Waals surface area (Å²) in [5, 5.41) is 18.4. The van der Waals surface area contributed by atoms with Gasteiger partial charge in [-0.25, -0.2) is 4.98 Å². The molecule has 0 aliphatic carbocycles. The number of hydrogen-bond donors (Lipinski definition) is 2. The van der Waals surface area contributed by atoms with Gasteiger partial charge >= 0.3 is 5.69 Å². The molecule has 1 aromatic carbocycles.